The molecular formula is C22H27N. The first-order valence-corrected chi connectivity index (χ1v) is 8.29. The minimum atomic E-state index is -0.0934. The van der Waals surface area contributed by atoms with Crippen molar-refractivity contribution in [2.24, 2.45) is 0 Å². The molecule has 1 nitrogen and oxygen atoms in total. The smallest absolute Gasteiger partial charge is 0.0753 e. The summed E-state index contributed by atoms with van der Waals surface area (Å²) >= 11 is 0. The van der Waals surface area contributed by atoms with Gasteiger partial charge in [-0.1, -0.05) is 62.7 Å². The van der Waals surface area contributed by atoms with Crippen LogP contribution in [0.4, 0.5) is 0 Å². The van der Waals surface area contributed by atoms with Gasteiger partial charge in [0.15, 0.2) is 0 Å². The Morgan fingerprint density at radius 2 is 1.48 bits per heavy atom. The minimum absolute atomic E-state index is 0.0934. The van der Waals surface area contributed by atoms with Crippen LogP contribution in [0.15, 0.2) is 36.4 Å². The van der Waals surface area contributed by atoms with Gasteiger partial charge in [0, 0.05) is 0 Å². The molecule has 0 saturated carbocycles. The van der Waals surface area contributed by atoms with Crippen LogP contribution in [0.25, 0.3) is 0 Å². The third-order valence-corrected chi connectivity index (χ3v) is 4.58. The molecule has 0 aliphatic heterocycles. The molecule has 0 aliphatic carbocycles. The van der Waals surface area contributed by atoms with Crippen molar-refractivity contribution >= 4 is 0 Å². The lowest BCUT2D eigenvalue weighted by molar-refractivity contribution is 0.589. The molecule has 23 heavy (non-hydrogen) atoms. The lowest BCUT2D eigenvalue weighted by Crippen LogP contribution is -2.11. The molecule has 120 valence electrons. The fraction of sp³-hybridized carbons (Fsp3) is 0.409. The summed E-state index contributed by atoms with van der Waals surface area (Å²) in [7, 11) is 0. The van der Waals surface area contributed by atoms with E-state index in [1.807, 2.05) is 0 Å². The molecule has 0 aliphatic rings. The van der Waals surface area contributed by atoms with Gasteiger partial charge in [-0.05, 0) is 60.4 Å². The van der Waals surface area contributed by atoms with Crippen LogP contribution < -0.4 is 0 Å². The first kappa shape index (κ1) is 17.3. The molecular weight excluding hydrogens is 278 g/mol. The molecule has 2 aromatic rings. The van der Waals surface area contributed by atoms with Gasteiger partial charge in [0.1, 0.15) is 0 Å². The Bertz CT molecular complexity index is 701. The van der Waals surface area contributed by atoms with Gasteiger partial charge < -0.3 is 0 Å². The van der Waals surface area contributed by atoms with E-state index in [9.17, 15) is 5.26 Å². The summed E-state index contributed by atoms with van der Waals surface area (Å²) in [6.07, 6.45) is 0.781. The van der Waals surface area contributed by atoms with Crippen LogP contribution in [0.2, 0.25) is 0 Å². The van der Waals surface area contributed by atoms with Crippen molar-refractivity contribution in [3.05, 3.63) is 69.8 Å². The van der Waals surface area contributed by atoms with E-state index in [0.717, 1.165) is 12.0 Å². The summed E-state index contributed by atoms with van der Waals surface area (Å²) < 4.78 is 0. The highest BCUT2D eigenvalue weighted by atomic mass is 14.3. The molecule has 0 radical (unpaired) electrons. The van der Waals surface area contributed by atoms with E-state index in [1.165, 1.54) is 27.8 Å². The van der Waals surface area contributed by atoms with Gasteiger partial charge in [-0.15, -0.1) is 0 Å². The second-order valence-corrected chi connectivity index (χ2v) is 7.64. The molecule has 0 spiro atoms. The summed E-state index contributed by atoms with van der Waals surface area (Å²) in [5.41, 5.74) is 7.72. The maximum atomic E-state index is 9.66. The minimum Gasteiger partial charge on any atom is -0.198 e. The summed E-state index contributed by atoms with van der Waals surface area (Å²) in [6, 6.07) is 15.5. The average molecular weight is 305 g/mol. The van der Waals surface area contributed by atoms with Crippen LogP contribution in [-0.2, 0) is 11.8 Å². The van der Waals surface area contributed by atoms with Crippen LogP contribution in [0.1, 0.15) is 60.1 Å². The Kier molecular flexibility index (Phi) is 4.95. The number of aryl methyl sites for hydroxylation is 3. The third-order valence-electron chi connectivity index (χ3n) is 4.58. The second-order valence-electron chi connectivity index (χ2n) is 7.64. The Labute approximate surface area is 141 Å². The maximum Gasteiger partial charge on any atom is 0.0753 e. The molecule has 1 unspecified atom stereocenters. The highest BCUT2D eigenvalue weighted by molar-refractivity contribution is 5.41. The zero-order chi connectivity index (χ0) is 17.2. The molecule has 0 aromatic heterocycles. The van der Waals surface area contributed by atoms with Crippen LogP contribution in [0.3, 0.4) is 0 Å². The topological polar surface area (TPSA) is 23.8 Å². The number of hydrogen-bond donors (Lipinski definition) is 0. The van der Waals surface area contributed by atoms with Gasteiger partial charge >= 0.3 is 0 Å². The van der Waals surface area contributed by atoms with E-state index in [4.69, 9.17) is 0 Å². The Hall–Kier alpha value is -2.07. The van der Waals surface area contributed by atoms with Crippen molar-refractivity contribution in [2.45, 2.75) is 59.3 Å². The van der Waals surface area contributed by atoms with Gasteiger partial charge in [0.25, 0.3) is 0 Å². The second kappa shape index (κ2) is 6.59. The van der Waals surface area contributed by atoms with E-state index in [-0.39, 0.29) is 11.3 Å². The number of nitrogens with zero attached hydrogens (tertiary/aromatic N) is 1. The summed E-state index contributed by atoms with van der Waals surface area (Å²) in [5, 5.41) is 9.66. The normalized spacial score (nSPS) is 12.7. The standard InChI is InChI=1S/C22H27N/c1-15-11-16(2)21(17(3)12-15)13-19(14-23)18-7-9-20(10-8-18)22(4,5)6/h7-12,19H,13H2,1-6H3. The monoisotopic (exact) mass is 305 g/mol. The van der Waals surface area contributed by atoms with Crippen LogP contribution in [-0.4, -0.2) is 0 Å². The number of rotatable bonds is 3. The number of hydrogen-bond acceptors (Lipinski definition) is 1. The molecule has 0 fully saturated rings. The summed E-state index contributed by atoms with van der Waals surface area (Å²) in [6.45, 7) is 13.0. The fourth-order valence-electron chi connectivity index (χ4n) is 3.19. The summed E-state index contributed by atoms with van der Waals surface area (Å²) in [4.78, 5) is 0. The average Bonchev–Trinajstić information content (AvgIpc) is 2.46. The molecule has 0 bridgehead atoms. The van der Waals surface area contributed by atoms with Crippen LogP contribution in [0, 0.1) is 32.1 Å². The van der Waals surface area contributed by atoms with Gasteiger partial charge in [0.2, 0.25) is 0 Å². The number of nitriles is 1. The fourth-order valence-corrected chi connectivity index (χ4v) is 3.19. The Morgan fingerprint density at radius 3 is 1.91 bits per heavy atom. The highest BCUT2D eigenvalue weighted by Crippen LogP contribution is 2.28. The SMILES string of the molecule is Cc1cc(C)c(CC(C#N)c2ccc(C(C)(C)C)cc2)c(C)c1. The van der Waals surface area contributed by atoms with E-state index in [2.05, 4.69) is 84.0 Å². The highest BCUT2D eigenvalue weighted by Gasteiger charge is 2.17. The van der Waals surface area contributed by atoms with Crippen molar-refractivity contribution < 1.29 is 0 Å². The third kappa shape index (κ3) is 4.02. The predicted octanol–water partition coefficient (Wildman–Crippen LogP) is 5.76. The largest absolute Gasteiger partial charge is 0.198 e. The Morgan fingerprint density at radius 1 is 0.957 bits per heavy atom. The summed E-state index contributed by atoms with van der Waals surface area (Å²) in [5.74, 6) is -0.0934. The molecule has 1 atom stereocenters. The van der Waals surface area contributed by atoms with Crippen LogP contribution in [0.5, 0.6) is 0 Å². The zero-order valence-corrected chi connectivity index (χ0v) is 15.2. The molecule has 2 aromatic carbocycles. The lowest BCUT2D eigenvalue weighted by Gasteiger charge is -2.20. The van der Waals surface area contributed by atoms with Crippen molar-refractivity contribution in [1.29, 1.82) is 5.26 Å². The lowest BCUT2D eigenvalue weighted by atomic mass is 9.84. The molecule has 0 amide bonds. The first-order chi connectivity index (χ1) is 10.7. The molecule has 0 N–H and O–H groups in total. The van der Waals surface area contributed by atoms with Crippen molar-refractivity contribution in [2.75, 3.05) is 0 Å². The quantitative estimate of drug-likeness (QED) is 0.707. The Balaban J connectivity index is 2.30. The number of benzene rings is 2. The van der Waals surface area contributed by atoms with Crippen LogP contribution >= 0.6 is 0 Å². The maximum absolute atomic E-state index is 9.66. The van der Waals surface area contributed by atoms with Gasteiger partial charge in [-0.25, -0.2) is 0 Å². The van der Waals surface area contributed by atoms with Crippen molar-refractivity contribution in [3.63, 3.8) is 0 Å². The van der Waals surface area contributed by atoms with E-state index >= 15 is 0 Å². The van der Waals surface area contributed by atoms with Crippen molar-refractivity contribution in [1.82, 2.24) is 0 Å². The molecule has 1 heteroatoms. The van der Waals surface area contributed by atoms with Crippen molar-refractivity contribution in [3.8, 4) is 6.07 Å². The van der Waals surface area contributed by atoms with Gasteiger partial charge in [-0.3, -0.25) is 0 Å². The van der Waals surface area contributed by atoms with E-state index in [0.29, 0.717) is 0 Å². The molecule has 2 rings (SSSR count). The van der Waals surface area contributed by atoms with E-state index in [1.54, 1.807) is 0 Å². The van der Waals surface area contributed by atoms with Gasteiger partial charge in [0.05, 0.1) is 12.0 Å². The molecule has 0 saturated heterocycles. The van der Waals surface area contributed by atoms with Gasteiger partial charge in [-0.2, -0.15) is 5.26 Å². The van der Waals surface area contributed by atoms with E-state index < -0.39 is 0 Å². The zero-order valence-electron chi connectivity index (χ0n) is 15.2. The predicted molar refractivity (Wildman–Crippen MR) is 97.9 cm³/mol. The molecule has 0 heterocycles. The first-order valence-electron chi connectivity index (χ1n) is 8.29.